The number of fused-ring (bicyclic) bond motifs is 8. The highest BCUT2D eigenvalue weighted by Gasteiger charge is 2.44. The standard InChI is InChI=1S/2C20H24N2O2.C6H8O7/c2*1-3-13-12-22-9-7-14(13)10-19(22)20(23)16-6-8-21-18-5-4-15(24-2)11-17(16)18;7-3(8)1-6(13,5(11)12)2-4(9)10/h2*3-6,8,11,13-14,19-20,23H,1,7,9-10,12H2,2H3;13H,1-2H2,(H,7,8)(H,9,10)(H,11,12). The Kier molecular flexibility index (Phi) is 14.4. The van der Waals surface area contributed by atoms with Gasteiger partial charge in [-0.1, -0.05) is 12.2 Å². The molecule has 15 heteroatoms. The molecule has 4 aromatic rings. The number of hydrogen-bond donors (Lipinski definition) is 6. The number of benzene rings is 2. The maximum absolute atomic E-state index is 11.2. The molecule has 6 N–H and O–H groups in total. The summed E-state index contributed by atoms with van der Waals surface area (Å²) in [6, 6.07) is 15.9. The van der Waals surface area contributed by atoms with Crippen molar-refractivity contribution < 1.29 is 54.5 Å². The van der Waals surface area contributed by atoms with Gasteiger partial charge in [0.2, 0.25) is 0 Å². The first-order valence-electron chi connectivity index (χ1n) is 20.5. The molecular formula is C46H56N4O11. The summed E-state index contributed by atoms with van der Waals surface area (Å²) in [7, 11) is 3.32. The number of nitrogens with zero attached hydrogens (tertiary/aromatic N) is 4. The van der Waals surface area contributed by atoms with Crippen molar-refractivity contribution in [3.05, 3.63) is 97.4 Å². The van der Waals surface area contributed by atoms with Gasteiger partial charge >= 0.3 is 17.9 Å². The van der Waals surface area contributed by atoms with Gasteiger partial charge in [0.15, 0.2) is 5.60 Å². The second kappa shape index (κ2) is 19.5. The molecule has 0 radical (unpaired) electrons. The van der Waals surface area contributed by atoms with E-state index < -0.39 is 48.6 Å². The molecule has 6 saturated heterocycles. The number of carboxylic acid groups (broad SMARTS) is 3. The zero-order chi connectivity index (χ0) is 44.0. The van der Waals surface area contributed by atoms with Crippen molar-refractivity contribution >= 4 is 39.7 Å². The van der Waals surface area contributed by atoms with Crippen molar-refractivity contribution in [2.24, 2.45) is 23.7 Å². The molecule has 6 aliphatic heterocycles. The van der Waals surface area contributed by atoms with Crippen LogP contribution in [0.15, 0.2) is 86.2 Å². The third kappa shape index (κ3) is 10.0. The molecule has 15 nitrogen and oxygen atoms in total. The van der Waals surface area contributed by atoms with E-state index in [0.29, 0.717) is 23.7 Å². The Balaban J connectivity index is 0.000000161. The van der Waals surface area contributed by atoms with E-state index in [-0.39, 0.29) is 12.1 Å². The van der Waals surface area contributed by atoms with Gasteiger partial charge in [0.05, 0.1) is 50.3 Å². The zero-order valence-corrected chi connectivity index (χ0v) is 34.5. The topological polar surface area (TPSA) is 223 Å². The number of methoxy groups -OCH3 is 2. The fourth-order valence-electron chi connectivity index (χ4n) is 9.60. The molecule has 326 valence electrons. The summed E-state index contributed by atoms with van der Waals surface area (Å²) < 4.78 is 10.7. The molecule has 6 fully saturated rings. The maximum Gasteiger partial charge on any atom is 0.336 e. The quantitative estimate of drug-likeness (QED) is 0.0965. The Labute approximate surface area is 354 Å². The van der Waals surface area contributed by atoms with E-state index in [4.69, 9.17) is 29.9 Å². The number of carbonyl (C=O) groups is 3. The molecule has 10 rings (SSSR count). The number of carboxylic acids is 3. The number of ether oxygens (including phenoxy) is 2. The highest BCUT2D eigenvalue weighted by atomic mass is 16.5. The molecule has 0 aliphatic carbocycles. The Hall–Kier alpha value is -5.45. The van der Waals surface area contributed by atoms with E-state index in [2.05, 4.69) is 45.1 Å². The van der Waals surface area contributed by atoms with Gasteiger partial charge in [-0.05, 0) is 122 Å². The van der Waals surface area contributed by atoms with Gasteiger partial charge in [-0.2, -0.15) is 0 Å². The molecule has 2 aromatic heterocycles. The minimum atomic E-state index is -2.74. The van der Waals surface area contributed by atoms with Crippen molar-refractivity contribution in [2.45, 2.75) is 68.4 Å². The van der Waals surface area contributed by atoms with Gasteiger partial charge in [0, 0.05) is 48.3 Å². The van der Waals surface area contributed by atoms with Crippen LogP contribution in [0.25, 0.3) is 21.8 Å². The SMILES string of the molecule is C=CC1CN2CCC1CC2C(O)c1ccnc2ccc(OC)cc12.C=CC1CN2CCC1CC2C(O)c1ccnc2ccc(OC)cc12.O=C(O)CC(O)(CC(=O)O)C(=O)O. The Morgan fingerprint density at radius 3 is 1.46 bits per heavy atom. The molecule has 0 amide bonds. The van der Waals surface area contributed by atoms with Crippen LogP contribution in [0, 0.1) is 23.7 Å². The molecule has 2 aromatic carbocycles. The van der Waals surface area contributed by atoms with Crippen LogP contribution in [0.1, 0.15) is 61.9 Å². The fraction of sp³-hybridized carbons (Fsp3) is 0.457. The highest BCUT2D eigenvalue weighted by Crippen LogP contribution is 2.44. The molecule has 0 spiro atoms. The zero-order valence-electron chi connectivity index (χ0n) is 34.5. The van der Waals surface area contributed by atoms with Crippen LogP contribution in [0.5, 0.6) is 11.5 Å². The Morgan fingerprint density at radius 2 is 1.15 bits per heavy atom. The van der Waals surface area contributed by atoms with Gasteiger partial charge in [-0.3, -0.25) is 29.4 Å². The predicted molar refractivity (Wildman–Crippen MR) is 227 cm³/mol. The largest absolute Gasteiger partial charge is 0.497 e. The lowest BCUT2D eigenvalue weighted by molar-refractivity contribution is -0.170. The van der Waals surface area contributed by atoms with Crippen molar-refractivity contribution in [1.82, 2.24) is 19.8 Å². The van der Waals surface area contributed by atoms with Crippen molar-refractivity contribution in [3.63, 3.8) is 0 Å². The first-order chi connectivity index (χ1) is 29.2. The average Bonchev–Trinajstić information content (AvgIpc) is 3.27. The Bertz CT molecular complexity index is 2090. The van der Waals surface area contributed by atoms with E-state index in [0.717, 1.165) is 83.5 Å². The normalized spacial score (nSPS) is 26.1. The summed E-state index contributed by atoms with van der Waals surface area (Å²) in [5.74, 6) is -1.01. The van der Waals surface area contributed by atoms with E-state index >= 15 is 0 Å². The second-order valence-electron chi connectivity index (χ2n) is 16.4. The summed E-state index contributed by atoms with van der Waals surface area (Å²) in [5, 5.41) is 58.1. The van der Waals surface area contributed by atoms with Gasteiger partial charge < -0.3 is 40.1 Å². The molecule has 10 unspecified atom stereocenters. The van der Waals surface area contributed by atoms with Crippen LogP contribution in [0.3, 0.4) is 0 Å². The van der Waals surface area contributed by atoms with Crippen molar-refractivity contribution in [2.75, 3.05) is 40.4 Å². The van der Waals surface area contributed by atoms with E-state index in [1.165, 1.54) is 12.8 Å². The summed E-state index contributed by atoms with van der Waals surface area (Å²) in [6.45, 7) is 12.1. The van der Waals surface area contributed by atoms with Gasteiger partial charge in [0.25, 0.3) is 0 Å². The minimum absolute atomic E-state index is 0.178. The van der Waals surface area contributed by atoms with Crippen molar-refractivity contribution in [1.29, 1.82) is 0 Å². The number of aliphatic carboxylic acids is 3. The third-order valence-electron chi connectivity index (χ3n) is 12.9. The Morgan fingerprint density at radius 1 is 0.738 bits per heavy atom. The molecule has 4 bridgehead atoms. The monoisotopic (exact) mass is 840 g/mol. The average molecular weight is 841 g/mol. The number of aliphatic hydroxyl groups excluding tert-OH is 2. The molecule has 10 atom stereocenters. The highest BCUT2D eigenvalue weighted by molar-refractivity contribution is 5.88. The summed E-state index contributed by atoms with van der Waals surface area (Å²) in [5.41, 5.74) is 0.954. The van der Waals surface area contributed by atoms with Gasteiger partial charge in [-0.15, -0.1) is 13.2 Å². The van der Waals surface area contributed by atoms with Crippen LogP contribution in [0.4, 0.5) is 0 Å². The van der Waals surface area contributed by atoms with Crippen LogP contribution in [-0.2, 0) is 14.4 Å². The number of aromatic nitrogens is 2. The van der Waals surface area contributed by atoms with E-state index in [9.17, 15) is 24.6 Å². The number of aliphatic hydroxyl groups is 3. The number of piperidine rings is 6. The molecular weight excluding hydrogens is 785 g/mol. The number of rotatable bonds is 13. The summed E-state index contributed by atoms with van der Waals surface area (Å²) >= 11 is 0. The predicted octanol–water partition coefficient (Wildman–Crippen LogP) is 5.10. The molecule has 61 heavy (non-hydrogen) atoms. The molecule has 0 saturated carbocycles. The van der Waals surface area contributed by atoms with Crippen LogP contribution in [0.2, 0.25) is 0 Å². The number of pyridine rings is 2. The van der Waals surface area contributed by atoms with Crippen LogP contribution >= 0.6 is 0 Å². The fourth-order valence-corrected chi connectivity index (χ4v) is 9.60. The van der Waals surface area contributed by atoms with Gasteiger partial charge in [0.1, 0.15) is 11.5 Å². The first-order valence-corrected chi connectivity index (χ1v) is 20.5. The molecule has 8 heterocycles. The summed E-state index contributed by atoms with van der Waals surface area (Å²) in [4.78, 5) is 44.2. The van der Waals surface area contributed by atoms with E-state index in [1.807, 2.05) is 48.5 Å². The lowest BCUT2D eigenvalue weighted by Gasteiger charge is -2.50. The first kappa shape index (κ1) is 45.1. The summed E-state index contributed by atoms with van der Waals surface area (Å²) in [6.07, 6.45) is 8.95. The van der Waals surface area contributed by atoms with Crippen LogP contribution < -0.4 is 9.47 Å². The smallest absolute Gasteiger partial charge is 0.336 e. The molecule has 6 aliphatic rings. The van der Waals surface area contributed by atoms with E-state index in [1.54, 1.807) is 26.6 Å². The van der Waals surface area contributed by atoms with Gasteiger partial charge in [-0.25, -0.2) is 4.79 Å². The maximum atomic E-state index is 11.2. The van der Waals surface area contributed by atoms with Crippen LogP contribution in [-0.4, -0.2) is 126 Å². The lowest BCUT2D eigenvalue weighted by Crippen LogP contribution is -2.54. The minimum Gasteiger partial charge on any atom is -0.497 e. The van der Waals surface area contributed by atoms with Crippen molar-refractivity contribution in [3.8, 4) is 11.5 Å². The second-order valence-corrected chi connectivity index (χ2v) is 16.4. The number of hydrogen-bond acceptors (Lipinski definition) is 12. The lowest BCUT2D eigenvalue weighted by atomic mass is 9.73. The third-order valence-corrected chi connectivity index (χ3v) is 12.9.